The third-order valence-electron chi connectivity index (χ3n) is 6.08. The number of nitrogens with zero attached hydrogens (tertiary/aromatic N) is 3. The maximum absolute atomic E-state index is 14.3. The third-order valence-corrected chi connectivity index (χ3v) is 7.10. The quantitative estimate of drug-likeness (QED) is 0.336. The lowest BCUT2D eigenvalue weighted by Crippen LogP contribution is -2.39. The van der Waals surface area contributed by atoms with Gasteiger partial charge in [-0.15, -0.1) is 0 Å². The molecular formula is C27H25F2N3O2S. The van der Waals surface area contributed by atoms with Crippen molar-refractivity contribution >= 4 is 32.6 Å². The number of hydrogen-bond acceptors (Lipinski definition) is 5. The van der Waals surface area contributed by atoms with E-state index in [0.29, 0.717) is 35.2 Å². The van der Waals surface area contributed by atoms with Crippen LogP contribution in [0.1, 0.15) is 16.8 Å². The molecule has 1 aliphatic heterocycles. The van der Waals surface area contributed by atoms with E-state index in [9.17, 15) is 13.6 Å². The van der Waals surface area contributed by atoms with Crippen molar-refractivity contribution in [1.82, 2.24) is 9.88 Å². The van der Waals surface area contributed by atoms with Gasteiger partial charge in [0, 0.05) is 37.8 Å². The highest BCUT2D eigenvalue weighted by molar-refractivity contribution is 7.22. The standard InChI is InChI=1S/C27H25F2N3O2S/c28-22-17-23(29)25-24(18-22)35-27(30-25)32(12-4-11-31-13-15-34-16-14-31)26(33)21-9-7-20(8-10-21)19-5-2-1-3-6-19/h1-3,5-10,17-18H,4,11-16H2. The first-order valence-corrected chi connectivity index (χ1v) is 12.4. The summed E-state index contributed by atoms with van der Waals surface area (Å²) in [7, 11) is 0. The highest BCUT2D eigenvalue weighted by atomic mass is 32.1. The molecule has 1 aliphatic rings. The summed E-state index contributed by atoms with van der Waals surface area (Å²) in [6.45, 7) is 4.37. The van der Waals surface area contributed by atoms with Gasteiger partial charge < -0.3 is 4.74 Å². The molecule has 180 valence electrons. The number of halogens is 2. The fourth-order valence-corrected chi connectivity index (χ4v) is 5.24. The molecule has 5 nitrogen and oxygen atoms in total. The number of fused-ring (bicyclic) bond motifs is 1. The molecule has 0 radical (unpaired) electrons. The molecule has 0 aliphatic carbocycles. The van der Waals surface area contributed by atoms with E-state index in [1.54, 1.807) is 17.0 Å². The Morgan fingerprint density at radius 3 is 2.46 bits per heavy atom. The van der Waals surface area contributed by atoms with Gasteiger partial charge in [0.1, 0.15) is 11.3 Å². The van der Waals surface area contributed by atoms with Crippen molar-refractivity contribution in [2.75, 3.05) is 44.3 Å². The van der Waals surface area contributed by atoms with Crippen molar-refractivity contribution in [2.24, 2.45) is 0 Å². The Hall–Kier alpha value is -3.20. The minimum Gasteiger partial charge on any atom is -0.379 e. The molecule has 2 heterocycles. The van der Waals surface area contributed by atoms with E-state index >= 15 is 0 Å². The Labute approximate surface area is 206 Å². The molecule has 0 unspecified atom stereocenters. The lowest BCUT2D eigenvalue weighted by molar-refractivity contribution is 0.0376. The molecule has 1 saturated heterocycles. The van der Waals surface area contributed by atoms with Crippen LogP contribution in [0.4, 0.5) is 13.9 Å². The second-order valence-corrected chi connectivity index (χ2v) is 9.45. The third kappa shape index (κ3) is 5.40. The van der Waals surface area contributed by atoms with E-state index in [1.807, 2.05) is 42.5 Å². The summed E-state index contributed by atoms with van der Waals surface area (Å²) in [6, 6.07) is 19.4. The smallest absolute Gasteiger partial charge is 0.260 e. The van der Waals surface area contributed by atoms with Crippen LogP contribution in [0.5, 0.6) is 0 Å². The van der Waals surface area contributed by atoms with Crippen molar-refractivity contribution in [3.63, 3.8) is 0 Å². The first kappa shape index (κ1) is 23.5. The molecule has 3 aromatic carbocycles. The first-order chi connectivity index (χ1) is 17.1. The van der Waals surface area contributed by atoms with Crippen molar-refractivity contribution in [1.29, 1.82) is 0 Å². The minimum atomic E-state index is -0.726. The second-order valence-electron chi connectivity index (χ2n) is 8.44. The van der Waals surface area contributed by atoms with Gasteiger partial charge in [-0.2, -0.15) is 0 Å². The van der Waals surface area contributed by atoms with Gasteiger partial charge in [-0.3, -0.25) is 14.6 Å². The number of ether oxygens (including phenoxy) is 1. The van der Waals surface area contributed by atoms with Crippen molar-refractivity contribution in [3.8, 4) is 11.1 Å². The SMILES string of the molecule is O=C(c1ccc(-c2ccccc2)cc1)N(CCCN1CCOCC1)c1nc2c(F)cc(F)cc2s1. The summed E-state index contributed by atoms with van der Waals surface area (Å²) in [5.74, 6) is -1.60. The fraction of sp³-hybridized carbons (Fsp3) is 0.259. The molecule has 1 fully saturated rings. The second kappa shape index (κ2) is 10.6. The summed E-state index contributed by atoms with van der Waals surface area (Å²) in [4.78, 5) is 21.9. The van der Waals surface area contributed by atoms with Crippen LogP contribution in [0.2, 0.25) is 0 Å². The van der Waals surface area contributed by atoms with E-state index in [4.69, 9.17) is 4.74 Å². The van der Waals surface area contributed by atoms with Gasteiger partial charge in [-0.05, 0) is 35.7 Å². The van der Waals surface area contributed by atoms with Crippen molar-refractivity contribution < 1.29 is 18.3 Å². The number of benzene rings is 3. The zero-order chi connectivity index (χ0) is 24.2. The molecule has 4 aromatic rings. The van der Waals surface area contributed by atoms with Crippen LogP contribution in [-0.2, 0) is 4.74 Å². The van der Waals surface area contributed by atoms with Crippen molar-refractivity contribution in [2.45, 2.75) is 6.42 Å². The molecule has 0 atom stereocenters. The Kier molecular flexibility index (Phi) is 7.13. The lowest BCUT2D eigenvalue weighted by atomic mass is 10.0. The van der Waals surface area contributed by atoms with E-state index in [-0.39, 0.29) is 11.4 Å². The number of hydrogen-bond donors (Lipinski definition) is 0. The Bertz CT molecular complexity index is 1310. The summed E-state index contributed by atoms with van der Waals surface area (Å²) in [5.41, 5.74) is 2.68. The summed E-state index contributed by atoms with van der Waals surface area (Å²) in [6.07, 6.45) is 0.723. The van der Waals surface area contributed by atoms with Crippen LogP contribution < -0.4 is 4.90 Å². The molecule has 0 saturated carbocycles. The molecule has 0 spiro atoms. The van der Waals surface area contributed by atoms with Gasteiger partial charge >= 0.3 is 0 Å². The summed E-state index contributed by atoms with van der Waals surface area (Å²) in [5, 5.41) is 0.364. The average molecular weight is 494 g/mol. The largest absolute Gasteiger partial charge is 0.379 e. The van der Waals surface area contributed by atoms with Gasteiger partial charge in [-0.25, -0.2) is 13.8 Å². The van der Waals surface area contributed by atoms with Gasteiger partial charge in [0.05, 0.1) is 17.9 Å². The predicted molar refractivity (Wildman–Crippen MR) is 135 cm³/mol. The number of amides is 1. The Morgan fingerprint density at radius 1 is 1.00 bits per heavy atom. The molecule has 0 bridgehead atoms. The fourth-order valence-electron chi connectivity index (χ4n) is 4.21. The van der Waals surface area contributed by atoms with Crippen LogP contribution in [0, 0.1) is 11.6 Å². The summed E-state index contributed by atoms with van der Waals surface area (Å²) >= 11 is 1.12. The van der Waals surface area contributed by atoms with Crippen molar-refractivity contribution in [3.05, 3.63) is 83.9 Å². The molecule has 1 aromatic heterocycles. The predicted octanol–water partition coefficient (Wildman–Crippen LogP) is 5.61. The minimum absolute atomic E-state index is 0.0804. The monoisotopic (exact) mass is 493 g/mol. The topological polar surface area (TPSA) is 45.7 Å². The number of thiazole rings is 1. The zero-order valence-corrected chi connectivity index (χ0v) is 19.9. The normalized spacial score (nSPS) is 14.3. The van der Waals surface area contributed by atoms with Crippen LogP contribution >= 0.6 is 11.3 Å². The molecule has 35 heavy (non-hydrogen) atoms. The number of aromatic nitrogens is 1. The highest BCUT2D eigenvalue weighted by Crippen LogP contribution is 2.32. The van der Waals surface area contributed by atoms with E-state index in [2.05, 4.69) is 9.88 Å². The average Bonchev–Trinajstić information content (AvgIpc) is 3.31. The highest BCUT2D eigenvalue weighted by Gasteiger charge is 2.23. The number of carbonyl (C=O) groups excluding carboxylic acids is 1. The molecule has 5 rings (SSSR count). The van der Waals surface area contributed by atoms with E-state index < -0.39 is 11.6 Å². The molecular weight excluding hydrogens is 468 g/mol. The zero-order valence-electron chi connectivity index (χ0n) is 19.1. The van der Waals surface area contributed by atoms with Crippen LogP contribution in [0.25, 0.3) is 21.3 Å². The maximum atomic E-state index is 14.3. The number of anilines is 1. The lowest BCUT2D eigenvalue weighted by Gasteiger charge is -2.27. The van der Waals surface area contributed by atoms with Crippen LogP contribution in [0.3, 0.4) is 0 Å². The Morgan fingerprint density at radius 2 is 1.71 bits per heavy atom. The van der Waals surface area contributed by atoms with Gasteiger partial charge in [0.2, 0.25) is 0 Å². The Balaban J connectivity index is 1.41. The number of carbonyl (C=O) groups is 1. The van der Waals surface area contributed by atoms with E-state index in [1.165, 1.54) is 6.07 Å². The number of morpholine rings is 1. The molecule has 0 N–H and O–H groups in total. The van der Waals surface area contributed by atoms with Gasteiger partial charge in [0.25, 0.3) is 5.91 Å². The maximum Gasteiger partial charge on any atom is 0.260 e. The summed E-state index contributed by atoms with van der Waals surface area (Å²) < 4.78 is 33.9. The van der Waals surface area contributed by atoms with Gasteiger partial charge in [-0.1, -0.05) is 53.8 Å². The van der Waals surface area contributed by atoms with Crippen LogP contribution in [-0.4, -0.2) is 55.2 Å². The van der Waals surface area contributed by atoms with E-state index in [0.717, 1.165) is 54.6 Å². The first-order valence-electron chi connectivity index (χ1n) is 11.6. The molecule has 1 amide bonds. The van der Waals surface area contributed by atoms with Gasteiger partial charge in [0.15, 0.2) is 10.9 Å². The molecule has 8 heteroatoms. The number of rotatable bonds is 7. The van der Waals surface area contributed by atoms with Crippen LogP contribution in [0.15, 0.2) is 66.7 Å².